The second-order valence-electron chi connectivity index (χ2n) is 11.2. The van der Waals surface area contributed by atoms with Crippen molar-refractivity contribution in [3.05, 3.63) is 58.5 Å². The molecule has 2 unspecified atom stereocenters. The highest BCUT2D eigenvalue weighted by Crippen LogP contribution is 2.36. The van der Waals surface area contributed by atoms with Crippen LogP contribution in [0.2, 0.25) is 0 Å². The number of phenolic OH excluding ortho intramolecular Hbond substituents is 2. The lowest BCUT2D eigenvalue weighted by atomic mass is 9.90. The van der Waals surface area contributed by atoms with Crippen molar-refractivity contribution in [2.24, 2.45) is 0 Å². The Hall–Kier alpha value is -3.24. The van der Waals surface area contributed by atoms with Crippen LogP contribution in [0.1, 0.15) is 94.4 Å². The zero-order valence-corrected chi connectivity index (χ0v) is 26.7. The van der Waals surface area contributed by atoms with Crippen LogP contribution in [-0.4, -0.2) is 82.9 Å². The first-order valence-electron chi connectivity index (χ1n) is 15.5. The van der Waals surface area contributed by atoms with Crippen molar-refractivity contribution in [3.63, 3.8) is 0 Å². The average Bonchev–Trinajstić information content (AvgIpc) is 2.98. The minimum absolute atomic E-state index is 0.304. The molecule has 10 heteroatoms. The molecule has 0 saturated carbocycles. The highest BCUT2D eigenvalue weighted by molar-refractivity contribution is 6.20. The SMILES string of the molecule is C=C1C(=O)c2c(O)ccc(O)c2C(=O)C/C(NC(C)CCCN(CC)CC)=C(F)\C(F)=C/1NC(C)CCCN(CC)CC. The molecule has 2 atom stereocenters. The normalized spacial score (nSPS) is 19.5. The van der Waals surface area contributed by atoms with E-state index >= 15 is 8.78 Å². The summed E-state index contributed by atoms with van der Waals surface area (Å²) >= 11 is 0. The maximum atomic E-state index is 16.1. The van der Waals surface area contributed by atoms with Gasteiger partial charge in [-0.25, -0.2) is 8.78 Å². The summed E-state index contributed by atoms with van der Waals surface area (Å²) in [5.41, 5.74) is -2.17. The standard InChI is InChI=1S/C33H50F2N4O4/c1-8-38(9-2)18-12-14-21(5)36-24-20-27(42)28-25(40)16-17-26(41)29(28)33(43)23(7)32(31(35)30(24)34)37-22(6)15-13-19-39(10-3)11-4/h16-17,21-22,36-37,40-41H,7-15,18-20H2,1-6H3/b30-24-,32-31-. The van der Waals surface area contributed by atoms with E-state index in [0.717, 1.165) is 64.2 Å². The van der Waals surface area contributed by atoms with Gasteiger partial charge in [-0.05, 0) is 90.9 Å². The number of fused-ring (bicyclic) bond motifs is 1. The fourth-order valence-electron chi connectivity index (χ4n) is 5.33. The predicted octanol–water partition coefficient (Wildman–Crippen LogP) is 5.99. The highest BCUT2D eigenvalue weighted by atomic mass is 19.2. The first kappa shape index (κ1) is 36.0. The average molecular weight is 605 g/mol. The van der Waals surface area contributed by atoms with E-state index in [1.165, 1.54) is 0 Å². The molecule has 1 aliphatic carbocycles. The number of halogens is 2. The van der Waals surface area contributed by atoms with Gasteiger partial charge in [-0.15, -0.1) is 0 Å². The van der Waals surface area contributed by atoms with Crippen LogP contribution in [0.5, 0.6) is 11.5 Å². The van der Waals surface area contributed by atoms with Gasteiger partial charge in [-0.1, -0.05) is 34.3 Å². The minimum Gasteiger partial charge on any atom is -0.507 e. The third-order valence-electron chi connectivity index (χ3n) is 8.08. The van der Waals surface area contributed by atoms with Crippen LogP contribution in [0, 0.1) is 0 Å². The van der Waals surface area contributed by atoms with Crippen LogP contribution in [0.25, 0.3) is 0 Å². The van der Waals surface area contributed by atoms with E-state index < -0.39 is 63.5 Å². The van der Waals surface area contributed by atoms with E-state index in [1.807, 2.05) is 6.92 Å². The number of ketones is 2. The smallest absolute Gasteiger partial charge is 0.199 e. The number of carbonyl (C=O) groups excluding carboxylic acids is 2. The number of carbonyl (C=O) groups is 2. The van der Waals surface area contributed by atoms with Gasteiger partial charge in [0.1, 0.15) is 11.5 Å². The number of allylic oxidation sites excluding steroid dienone is 4. The van der Waals surface area contributed by atoms with Crippen LogP contribution in [0.4, 0.5) is 8.78 Å². The van der Waals surface area contributed by atoms with Crippen LogP contribution in [-0.2, 0) is 0 Å². The molecule has 0 aliphatic heterocycles. The lowest BCUT2D eigenvalue weighted by Gasteiger charge is -2.25. The Bertz CT molecular complexity index is 1210. The monoisotopic (exact) mass is 604 g/mol. The van der Waals surface area contributed by atoms with E-state index in [1.54, 1.807) is 6.92 Å². The highest BCUT2D eigenvalue weighted by Gasteiger charge is 2.33. The van der Waals surface area contributed by atoms with Crippen molar-refractivity contribution in [2.75, 3.05) is 39.3 Å². The second-order valence-corrected chi connectivity index (χ2v) is 11.2. The largest absolute Gasteiger partial charge is 0.507 e. The molecular formula is C33H50F2N4O4. The Labute approximate surface area is 255 Å². The van der Waals surface area contributed by atoms with Gasteiger partial charge >= 0.3 is 0 Å². The fourth-order valence-corrected chi connectivity index (χ4v) is 5.33. The van der Waals surface area contributed by atoms with Crippen LogP contribution in [0.15, 0.2) is 47.3 Å². The number of nitrogens with zero attached hydrogens (tertiary/aromatic N) is 2. The molecular weight excluding hydrogens is 554 g/mol. The molecule has 0 spiro atoms. The van der Waals surface area contributed by atoms with Gasteiger partial charge in [0.2, 0.25) is 0 Å². The van der Waals surface area contributed by atoms with E-state index in [4.69, 9.17) is 0 Å². The van der Waals surface area contributed by atoms with Gasteiger partial charge in [0.15, 0.2) is 23.2 Å². The number of hydrogen-bond acceptors (Lipinski definition) is 8. The number of benzene rings is 1. The molecule has 0 aromatic heterocycles. The van der Waals surface area contributed by atoms with Crippen molar-refractivity contribution in [2.45, 2.75) is 85.7 Å². The first-order chi connectivity index (χ1) is 20.4. The van der Waals surface area contributed by atoms with Gasteiger partial charge in [0, 0.05) is 17.7 Å². The fraction of sp³-hybridized carbons (Fsp3) is 0.576. The molecule has 2 rings (SSSR count). The number of aromatic hydroxyl groups is 2. The second kappa shape index (κ2) is 17.2. The Kier molecular flexibility index (Phi) is 14.3. The van der Waals surface area contributed by atoms with E-state index in [9.17, 15) is 19.8 Å². The summed E-state index contributed by atoms with van der Waals surface area (Å²) in [5.74, 6) is -5.59. The van der Waals surface area contributed by atoms with Gasteiger partial charge in [0.05, 0.1) is 28.9 Å². The molecule has 0 fully saturated rings. The Morgan fingerprint density at radius 1 is 0.814 bits per heavy atom. The summed E-state index contributed by atoms with van der Waals surface area (Å²) in [6, 6.07) is 1.50. The zero-order chi connectivity index (χ0) is 32.3. The van der Waals surface area contributed by atoms with Crippen molar-refractivity contribution < 1.29 is 28.6 Å². The van der Waals surface area contributed by atoms with E-state index in [-0.39, 0.29) is 17.8 Å². The molecule has 240 valence electrons. The topological polar surface area (TPSA) is 105 Å². The summed E-state index contributed by atoms with van der Waals surface area (Å²) in [6.07, 6.45) is 2.17. The summed E-state index contributed by atoms with van der Waals surface area (Å²) < 4.78 is 32.1. The Morgan fingerprint density at radius 3 is 1.77 bits per heavy atom. The van der Waals surface area contributed by atoms with Crippen molar-refractivity contribution in [1.82, 2.24) is 20.4 Å². The molecule has 0 heterocycles. The lowest BCUT2D eigenvalue weighted by molar-refractivity contribution is 0.0966. The number of nitrogens with one attached hydrogen (secondary N) is 2. The Balaban J connectivity index is 2.52. The molecule has 0 amide bonds. The first-order valence-corrected chi connectivity index (χ1v) is 15.5. The molecule has 1 aliphatic rings. The molecule has 0 radical (unpaired) electrons. The summed E-state index contributed by atoms with van der Waals surface area (Å²) in [7, 11) is 0. The molecule has 1 aromatic rings. The van der Waals surface area contributed by atoms with Gasteiger partial charge in [-0.3, -0.25) is 9.59 Å². The summed E-state index contributed by atoms with van der Waals surface area (Å²) in [6.45, 7) is 21.0. The van der Waals surface area contributed by atoms with Gasteiger partial charge in [-0.2, -0.15) is 0 Å². The Morgan fingerprint density at radius 2 is 1.28 bits per heavy atom. The maximum Gasteiger partial charge on any atom is 0.199 e. The molecule has 4 N–H and O–H groups in total. The quantitative estimate of drug-likeness (QED) is 0.135. The third-order valence-corrected chi connectivity index (χ3v) is 8.08. The third kappa shape index (κ3) is 9.63. The van der Waals surface area contributed by atoms with E-state index in [2.05, 4.69) is 54.7 Å². The number of hydrogen-bond donors (Lipinski definition) is 4. The molecule has 0 bridgehead atoms. The lowest BCUT2D eigenvalue weighted by Crippen LogP contribution is -2.33. The van der Waals surface area contributed by atoms with Gasteiger partial charge in [0.25, 0.3) is 0 Å². The van der Waals surface area contributed by atoms with Crippen molar-refractivity contribution in [1.29, 1.82) is 0 Å². The van der Waals surface area contributed by atoms with Crippen LogP contribution >= 0.6 is 0 Å². The van der Waals surface area contributed by atoms with Crippen molar-refractivity contribution in [3.8, 4) is 11.5 Å². The maximum absolute atomic E-state index is 16.1. The molecule has 0 saturated heterocycles. The summed E-state index contributed by atoms with van der Waals surface area (Å²) in [4.78, 5) is 31.5. The van der Waals surface area contributed by atoms with Crippen LogP contribution < -0.4 is 10.6 Å². The minimum atomic E-state index is -1.34. The van der Waals surface area contributed by atoms with Crippen molar-refractivity contribution >= 4 is 11.6 Å². The predicted molar refractivity (Wildman–Crippen MR) is 168 cm³/mol. The number of rotatable bonds is 16. The number of Topliss-reactive ketones (excluding diaryl/α,β-unsaturated/α-hetero) is 2. The molecule has 8 nitrogen and oxygen atoms in total. The van der Waals surface area contributed by atoms with Crippen LogP contribution in [0.3, 0.4) is 0 Å². The number of phenols is 2. The molecule has 1 aromatic carbocycles. The molecule has 43 heavy (non-hydrogen) atoms. The zero-order valence-electron chi connectivity index (χ0n) is 26.7. The summed E-state index contributed by atoms with van der Waals surface area (Å²) in [5, 5.41) is 27.1. The van der Waals surface area contributed by atoms with E-state index in [0.29, 0.717) is 12.8 Å². The van der Waals surface area contributed by atoms with Gasteiger partial charge < -0.3 is 30.6 Å².